The number of nitrogens with zero attached hydrogens (tertiary/aromatic N) is 5. The van der Waals surface area contributed by atoms with Gasteiger partial charge in [-0.15, -0.1) is 15.2 Å². The first-order valence-electron chi connectivity index (χ1n) is 10.4. The molecule has 0 unspecified atom stereocenters. The molecular formula is C19H33N5O9. The highest BCUT2D eigenvalue weighted by atomic mass is 16.7. The number of likely N-dealkylation sites (N-methyl/N-ethyl adjacent to an activating group) is 1. The Bertz CT molecular complexity index is 673. The van der Waals surface area contributed by atoms with E-state index in [1.165, 1.54) is 43.0 Å². The molecule has 0 aliphatic carbocycles. The Hall–Kier alpha value is -2.81. The summed E-state index contributed by atoms with van der Waals surface area (Å²) in [5.41, 5.74) is 0. The predicted molar refractivity (Wildman–Crippen MR) is 112 cm³/mol. The Balaban J connectivity index is 2.98. The van der Waals surface area contributed by atoms with Crippen LogP contribution in [0.5, 0.6) is 0 Å². The molecule has 14 heteroatoms. The van der Waals surface area contributed by atoms with Crippen molar-refractivity contribution in [2.24, 2.45) is 0 Å². The van der Waals surface area contributed by atoms with Gasteiger partial charge >= 0.3 is 23.9 Å². The van der Waals surface area contributed by atoms with Crippen molar-refractivity contribution < 1.29 is 43.6 Å². The smallest absolute Gasteiger partial charge is 0.323 e. The zero-order valence-electron chi connectivity index (χ0n) is 19.5. The molecule has 0 aromatic carbocycles. The molecule has 0 aromatic rings. The van der Waals surface area contributed by atoms with Gasteiger partial charge < -0.3 is 24.5 Å². The van der Waals surface area contributed by atoms with Gasteiger partial charge in [0.25, 0.3) is 0 Å². The molecule has 1 amide bonds. The van der Waals surface area contributed by atoms with Crippen LogP contribution in [0.15, 0.2) is 0 Å². The summed E-state index contributed by atoms with van der Waals surface area (Å²) in [4.78, 5) is 76.3. The van der Waals surface area contributed by atoms with E-state index in [1.54, 1.807) is 4.90 Å². The van der Waals surface area contributed by atoms with E-state index in [4.69, 9.17) is 19.6 Å². The minimum absolute atomic E-state index is 0.0782. The van der Waals surface area contributed by atoms with Crippen molar-refractivity contribution in [2.75, 3.05) is 72.5 Å². The molecule has 1 heterocycles. The van der Waals surface area contributed by atoms with E-state index >= 15 is 0 Å². The molecule has 0 aromatic heterocycles. The number of rotatable bonds is 7. The zero-order chi connectivity index (χ0) is 25.0. The van der Waals surface area contributed by atoms with Crippen LogP contribution in [0.3, 0.4) is 0 Å². The van der Waals surface area contributed by atoms with E-state index in [0.717, 1.165) is 4.90 Å². The number of hydrogen-bond acceptors (Lipinski definition) is 12. The van der Waals surface area contributed by atoms with E-state index < -0.39 is 36.3 Å². The van der Waals surface area contributed by atoms with Gasteiger partial charge in [-0.1, -0.05) is 0 Å². The summed E-state index contributed by atoms with van der Waals surface area (Å²) in [6.45, 7) is 5.17. The third kappa shape index (κ3) is 12.7. The van der Waals surface area contributed by atoms with Crippen molar-refractivity contribution >= 4 is 29.8 Å². The summed E-state index contributed by atoms with van der Waals surface area (Å²) in [5.74, 6) is -3.09. The maximum Gasteiger partial charge on any atom is 0.323 e. The van der Waals surface area contributed by atoms with Gasteiger partial charge in [0.15, 0.2) is 0 Å². The first kappa shape index (κ1) is 28.2. The molecule has 0 spiro atoms. The highest BCUT2D eigenvalue weighted by Gasteiger charge is 2.22. The SMILES string of the molecule is CC(=O)ON1CCN(CC(=O)N(C)CC(=O)O)CCN(OC(C)=O)CCN(OC(C)=O)CC1. The van der Waals surface area contributed by atoms with Crippen LogP contribution in [0, 0.1) is 0 Å². The lowest BCUT2D eigenvalue weighted by Crippen LogP contribution is -2.49. The molecule has 0 radical (unpaired) electrons. The molecule has 33 heavy (non-hydrogen) atoms. The minimum Gasteiger partial charge on any atom is -0.480 e. The van der Waals surface area contributed by atoms with Gasteiger partial charge in [0, 0.05) is 54.0 Å². The third-order valence-corrected chi connectivity index (χ3v) is 4.46. The Morgan fingerprint density at radius 3 is 1.33 bits per heavy atom. The molecule has 1 rings (SSSR count). The number of carbonyl (C=O) groups excluding carboxylic acids is 4. The van der Waals surface area contributed by atoms with Crippen LogP contribution in [-0.2, 0) is 38.5 Å². The molecule has 1 N–H and O–H groups in total. The molecular weight excluding hydrogens is 442 g/mol. The van der Waals surface area contributed by atoms with Crippen LogP contribution in [-0.4, -0.2) is 132 Å². The lowest BCUT2D eigenvalue weighted by atomic mass is 10.3. The fourth-order valence-electron chi connectivity index (χ4n) is 2.98. The third-order valence-electron chi connectivity index (χ3n) is 4.46. The van der Waals surface area contributed by atoms with Crippen LogP contribution in [0.1, 0.15) is 20.8 Å². The van der Waals surface area contributed by atoms with Crippen molar-refractivity contribution in [2.45, 2.75) is 20.8 Å². The van der Waals surface area contributed by atoms with E-state index in [1.807, 2.05) is 0 Å². The number of aliphatic carboxylic acids is 1. The number of carbonyl (C=O) groups is 5. The molecule has 1 saturated heterocycles. The van der Waals surface area contributed by atoms with Crippen molar-refractivity contribution in [3.05, 3.63) is 0 Å². The first-order valence-corrected chi connectivity index (χ1v) is 10.4. The maximum absolute atomic E-state index is 12.5. The second-order valence-electron chi connectivity index (χ2n) is 7.46. The van der Waals surface area contributed by atoms with Crippen LogP contribution < -0.4 is 0 Å². The van der Waals surface area contributed by atoms with Gasteiger partial charge in [0.1, 0.15) is 6.54 Å². The number of amides is 1. The fraction of sp³-hybridized carbons (Fsp3) is 0.737. The average molecular weight is 475 g/mol. The van der Waals surface area contributed by atoms with Crippen molar-refractivity contribution in [1.29, 1.82) is 0 Å². The highest BCUT2D eigenvalue weighted by Crippen LogP contribution is 2.04. The number of hydroxylamine groups is 6. The van der Waals surface area contributed by atoms with Gasteiger partial charge in [-0.25, -0.2) is 0 Å². The molecule has 1 aliphatic heterocycles. The van der Waals surface area contributed by atoms with Crippen molar-refractivity contribution in [3.8, 4) is 0 Å². The minimum atomic E-state index is -1.13. The molecule has 0 saturated carbocycles. The molecule has 0 bridgehead atoms. The summed E-state index contributed by atoms with van der Waals surface area (Å²) in [5, 5.41) is 13.1. The monoisotopic (exact) mass is 475 g/mol. The summed E-state index contributed by atoms with van der Waals surface area (Å²) >= 11 is 0. The van der Waals surface area contributed by atoms with E-state index in [-0.39, 0.29) is 45.8 Å². The maximum atomic E-state index is 12.5. The fourth-order valence-corrected chi connectivity index (χ4v) is 2.98. The zero-order valence-corrected chi connectivity index (χ0v) is 19.5. The van der Waals surface area contributed by atoms with Crippen LogP contribution in [0.25, 0.3) is 0 Å². The van der Waals surface area contributed by atoms with Gasteiger partial charge in [-0.05, 0) is 0 Å². The van der Waals surface area contributed by atoms with Gasteiger partial charge in [-0.3, -0.25) is 28.9 Å². The largest absolute Gasteiger partial charge is 0.480 e. The topological polar surface area (TPSA) is 149 Å². The van der Waals surface area contributed by atoms with E-state index in [9.17, 15) is 24.0 Å². The average Bonchev–Trinajstić information content (AvgIpc) is 2.68. The lowest BCUT2D eigenvalue weighted by molar-refractivity contribution is -0.217. The second kappa shape index (κ2) is 14.4. The normalized spacial score (nSPS) is 17.8. The summed E-state index contributed by atoms with van der Waals surface area (Å²) in [6, 6.07) is 0. The Kier molecular flexibility index (Phi) is 12.3. The quantitative estimate of drug-likeness (QED) is 0.441. The van der Waals surface area contributed by atoms with Gasteiger partial charge in [0.2, 0.25) is 5.91 Å². The molecule has 14 nitrogen and oxygen atoms in total. The van der Waals surface area contributed by atoms with Crippen LogP contribution in [0.4, 0.5) is 0 Å². The van der Waals surface area contributed by atoms with Gasteiger partial charge in [0.05, 0.1) is 32.7 Å². The Morgan fingerprint density at radius 1 is 0.697 bits per heavy atom. The summed E-state index contributed by atoms with van der Waals surface area (Å²) in [6.07, 6.45) is 0. The standard InChI is InChI=1S/C19H33N5O9/c1-15(25)31-22-7-5-21(13-18(28)20(4)14-19(29)30)6-8-23(32-16(2)26)10-12-24(11-9-22)33-17(3)27/h5-14H2,1-4H3,(H,29,30). The number of carboxylic acid groups (broad SMARTS) is 1. The molecule has 188 valence electrons. The summed E-state index contributed by atoms with van der Waals surface area (Å²) in [7, 11) is 1.40. The highest BCUT2D eigenvalue weighted by molar-refractivity contribution is 5.82. The molecule has 1 aliphatic rings. The molecule has 0 atom stereocenters. The Morgan fingerprint density at radius 2 is 1.03 bits per heavy atom. The molecule has 1 fully saturated rings. The lowest BCUT2D eigenvalue weighted by Gasteiger charge is -2.32. The van der Waals surface area contributed by atoms with Crippen LogP contribution in [0.2, 0.25) is 0 Å². The van der Waals surface area contributed by atoms with Gasteiger partial charge in [-0.2, -0.15) is 0 Å². The van der Waals surface area contributed by atoms with Crippen molar-refractivity contribution in [1.82, 2.24) is 25.0 Å². The predicted octanol–water partition coefficient (Wildman–Crippen LogP) is -1.81. The van der Waals surface area contributed by atoms with Crippen LogP contribution >= 0.6 is 0 Å². The second-order valence-corrected chi connectivity index (χ2v) is 7.46. The first-order chi connectivity index (χ1) is 15.5. The van der Waals surface area contributed by atoms with E-state index in [0.29, 0.717) is 13.1 Å². The Labute approximate surface area is 192 Å². The van der Waals surface area contributed by atoms with Crippen molar-refractivity contribution in [3.63, 3.8) is 0 Å². The van der Waals surface area contributed by atoms with E-state index in [2.05, 4.69) is 0 Å². The number of hydrogen-bond donors (Lipinski definition) is 1. The number of carboxylic acids is 1. The summed E-state index contributed by atoms with van der Waals surface area (Å²) < 4.78 is 0.